The van der Waals surface area contributed by atoms with Gasteiger partial charge in [-0.25, -0.2) is 0 Å². The Kier molecular flexibility index (Phi) is 16.7. The summed E-state index contributed by atoms with van der Waals surface area (Å²) in [5, 5.41) is 24.7. The summed E-state index contributed by atoms with van der Waals surface area (Å²) < 4.78 is 31.5. The monoisotopic (exact) mass is 503 g/mol. The Morgan fingerprint density at radius 2 is 1.31 bits per heavy atom. The molecular formula is C21H33N3O11. The lowest BCUT2D eigenvalue weighted by Gasteiger charge is -2.09. The Morgan fingerprint density at radius 3 is 1.80 bits per heavy atom. The summed E-state index contributed by atoms with van der Waals surface area (Å²) in [5.41, 5.74) is -0.531. The SMILES string of the molecule is CCOC(=O)CCOCCOCCOCCOCCOCCNc1ccc([N+](=O)[O-])cc1[N+](=O)[O-]. The molecule has 0 bridgehead atoms. The van der Waals surface area contributed by atoms with Crippen molar-refractivity contribution < 1.29 is 43.1 Å². The van der Waals surface area contributed by atoms with E-state index in [2.05, 4.69) is 5.32 Å². The molecule has 1 aromatic carbocycles. The summed E-state index contributed by atoms with van der Waals surface area (Å²) in [6.07, 6.45) is 0.228. The number of carbonyl (C=O) groups excluding carboxylic acids is 1. The second-order valence-electron chi connectivity index (χ2n) is 6.76. The van der Waals surface area contributed by atoms with Crippen molar-refractivity contribution >= 4 is 23.0 Å². The number of esters is 1. The molecule has 0 aliphatic heterocycles. The third-order valence-electron chi connectivity index (χ3n) is 4.19. The van der Waals surface area contributed by atoms with Crippen molar-refractivity contribution in [3.05, 3.63) is 38.4 Å². The molecular weight excluding hydrogens is 470 g/mol. The van der Waals surface area contributed by atoms with Gasteiger partial charge in [0, 0.05) is 12.6 Å². The van der Waals surface area contributed by atoms with Crippen molar-refractivity contribution in [2.45, 2.75) is 13.3 Å². The molecule has 0 unspecified atom stereocenters. The number of benzene rings is 1. The van der Waals surface area contributed by atoms with Gasteiger partial charge in [-0.2, -0.15) is 0 Å². The number of rotatable bonds is 22. The third-order valence-corrected chi connectivity index (χ3v) is 4.19. The van der Waals surface area contributed by atoms with E-state index in [1.165, 1.54) is 12.1 Å². The summed E-state index contributed by atoms with van der Waals surface area (Å²) in [6, 6.07) is 3.41. The fourth-order valence-electron chi connectivity index (χ4n) is 2.56. The van der Waals surface area contributed by atoms with Gasteiger partial charge in [0.1, 0.15) is 5.69 Å². The Labute approximate surface area is 203 Å². The summed E-state index contributed by atoms with van der Waals surface area (Å²) in [7, 11) is 0. The van der Waals surface area contributed by atoms with Gasteiger partial charge in [-0.1, -0.05) is 0 Å². The van der Waals surface area contributed by atoms with E-state index < -0.39 is 9.85 Å². The van der Waals surface area contributed by atoms with E-state index in [0.717, 1.165) is 6.07 Å². The second kappa shape index (κ2) is 19.4. The van der Waals surface area contributed by atoms with Crippen molar-refractivity contribution in [2.75, 3.05) is 84.5 Å². The first kappa shape index (κ1) is 30.1. The van der Waals surface area contributed by atoms with Crippen LogP contribution in [-0.4, -0.2) is 95.0 Å². The van der Waals surface area contributed by atoms with E-state index in [0.29, 0.717) is 66.1 Å². The lowest BCUT2D eigenvalue weighted by molar-refractivity contribution is -0.393. The number of hydrogen-bond acceptors (Lipinski definition) is 12. The van der Waals surface area contributed by atoms with Gasteiger partial charge in [-0.3, -0.25) is 25.0 Å². The van der Waals surface area contributed by atoms with Crippen LogP contribution in [0.5, 0.6) is 0 Å². The normalized spacial score (nSPS) is 10.8. The molecule has 0 aromatic heterocycles. The van der Waals surface area contributed by atoms with Gasteiger partial charge in [-0.15, -0.1) is 0 Å². The Bertz CT molecular complexity index is 764. The van der Waals surface area contributed by atoms with Gasteiger partial charge < -0.3 is 33.7 Å². The Morgan fingerprint density at radius 1 is 0.800 bits per heavy atom. The molecule has 1 N–H and O–H groups in total. The molecule has 0 fully saturated rings. The number of ether oxygens (including phenoxy) is 6. The highest BCUT2D eigenvalue weighted by Crippen LogP contribution is 2.28. The van der Waals surface area contributed by atoms with Crippen LogP contribution >= 0.6 is 0 Å². The number of anilines is 1. The van der Waals surface area contributed by atoms with Crippen LogP contribution in [0.1, 0.15) is 13.3 Å². The smallest absolute Gasteiger partial charge is 0.308 e. The number of nitro benzene ring substituents is 2. The van der Waals surface area contributed by atoms with Gasteiger partial charge in [0.25, 0.3) is 11.4 Å². The highest BCUT2D eigenvalue weighted by Gasteiger charge is 2.18. The molecule has 0 amide bonds. The zero-order chi connectivity index (χ0) is 25.7. The highest BCUT2D eigenvalue weighted by atomic mass is 16.6. The van der Waals surface area contributed by atoms with E-state index in [4.69, 9.17) is 28.4 Å². The second-order valence-corrected chi connectivity index (χ2v) is 6.76. The molecule has 0 heterocycles. The molecule has 0 saturated carbocycles. The van der Waals surface area contributed by atoms with Crippen LogP contribution in [0, 0.1) is 20.2 Å². The maximum Gasteiger partial charge on any atom is 0.308 e. The lowest BCUT2D eigenvalue weighted by Crippen LogP contribution is -2.15. The quantitative estimate of drug-likeness (QED) is 0.106. The van der Waals surface area contributed by atoms with Crippen LogP contribution in [-0.2, 0) is 33.2 Å². The average molecular weight is 504 g/mol. The predicted molar refractivity (Wildman–Crippen MR) is 124 cm³/mol. The minimum absolute atomic E-state index is 0.183. The van der Waals surface area contributed by atoms with Gasteiger partial charge in [0.05, 0.1) is 95.0 Å². The van der Waals surface area contributed by atoms with Crippen molar-refractivity contribution in [1.82, 2.24) is 0 Å². The maximum absolute atomic E-state index is 11.1. The number of nitrogens with one attached hydrogen (secondary N) is 1. The molecule has 14 heteroatoms. The number of non-ortho nitro benzene ring substituents is 1. The first-order valence-electron chi connectivity index (χ1n) is 11.2. The van der Waals surface area contributed by atoms with E-state index in [1.807, 2.05) is 0 Å². The summed E-state index contributed by atoms with van der Waals surface area (Å²) in [5.74, 6) is -0.277. The first-order chi connectivity index (χ1) is 17.0. The summed E-state index contributed by atoms with van der Waals surface area (Å²) in [4.78, 5) is 31.6. The van der Waals surface area contributed by atoms with Gasteiger partial charge >= 0.3 is 5.97 Å². The minimum Gasteiger partial charge on any atom is -0.466 e. The zero-order valence-electron chi connectivity index (χ0n) is 19.8. The first-order valence-corrected chi connectivity index (χ1v) is 11.2. The lowest BCUT2D eigenvalue weighted by atomic mass is 10.2. The fourth-order valence-corrected chi connectivity index (χ4v) is 2.56. The van der Waals surface area contributed by atoms with Crippen molar-refractivity contribution in [3.8, 4) is 0 Å². The van der Waals surface area contributed by atoms with Crippen LogP contribution in [0.15, 0.2) is 18.2 Å². The molecule has 0 radical (unpaired) electrons. The van der Waals surface area contributed by atoms with Gasteiger partial charge in [-0.05, 0) is 13.0 Å². The molecule has 1 aromatic rings. The highest BCUT2D eigenvalue weighted by molar-refractivity contribution is 5.69. The van der Waals surface area contributed by atoms with Gasteiger partial charge in [0.2, 0.25) is 0 Å². The maximum atomic E-state index is 11.1. The molecule has 0 spiro atoms. The average Bonchev–Trinajstić information content (AvgIpc) is 2.83. The van der Waals surface area contributed by atoms with E-state index in [9.17, 15) is 25.0 Å². The molecule has 198 valence electrons. The molecule has 0 atom stereocenters. The van der Waals surface area contributed by atoms with Crippen molar-refractivity contribution in [2.24, 2.45) is 0 Å². The molecule has 0 aliphatic carbocycles. The van der Waals surface area contributed by atoms with Crippen LogP contribution in [0.25, 0.3) is 0 Å². The van der Waals surface area contributed by atoms with Crippen LogP contribution in [0.3, 0.4) is 0 Å². The number of nitrogens with zero attached hydrogens (tertiary/aromatic N) is 2. The number of hydrogen-bond donors (Lipinski definition) is 1. The molecule has 0 aliphatic rings. The fraction of sp³-hybridized carbons (Fsp3) is 0.667. The predicted octanol–water partition coefficient (Wildman–Crippen LogP) is 1.95. The topological polar surface area (TPSA) is 171 Å². The van der Waals surface area contributed by atoms with Gasteiger partial charge in [0.15, 0.2) is 0 Å². The summed E-state index contributed by atoms with van der Waals surface area (Å²) >= 11 is 0. The molecule has 35 heavy (non-hydrogen) atoms. The van der Waals surface area contributed by atoms with Crippen LogP contribution in [0.2, 0.25) is 0 Å². The van der Waals surface area contributed by atoms with E-state index in [1.54, 1.807) is 6.92 Å². The van der Waals surface area contributed by atoms with Crippen molar-refractivity contribution in [1.29, 1.82) is 0 Å². The van der Waals surface area contributed by atoms with Crippen LogP contribution in [0.4, 0.5) is 17.1 Å². The Hall–Kier alpha value is -2.91. The largest absolute Gasteiger partial charge is 0.466 e. The Balaban J connectivity index is 1.91. The minimum atomic E-state index is -0.686. The standard InChI is InChI=1S/C21H33N3O11/c1-2-35-21(25)5-7-30-9-11-32-13-15-34-16-14-33-12-10-31-8-6-22-19-4-3-18(23(26)27)17-20(19)24(28)29/h3-4,17,22H,2,5-16H2,1H3. The van der Waals surface area contributed by atoms with Crippen LogP contribution < -0.4 is 5.32 Å². The molecule has 0 saturated heterocycles. The van der Waals surface area contributed by atoms with E-state index in [-0.39, 0.29) is 42.6 Å². The molecule has 1 rings (SSSR count). The van der Waals surface area contributed by atoms with Crippen molar-refractivity contribution in [3.63, 3.8) is 0 Å². The zero-order valence-corrected chi connectivity index (χ0v) is 19.8. The number of carbonyl (C=O) groups is 1. The van der Waals surface area contributed by atoms with E-state index >= 15 is 0 Å². The number of nitro groups is 2. The summed E-state index contributed by atoms with van der Waals surface area (Å²) in [6.45, 7) is 6.13. The third kappa shape index (κ3) is 14.9. The molecule has 14 nitrogen and oxygen atoms in total.